The van der Waals surface area contributed by atoms with Gasteiger partial charge in [0, 0.05) is 9.86 Å². The monoisotopic (exact) mass is 403 g/mol. The van der Waals surface area contributed by atoms with Crippen LogP contribution in [-0.4, -0.2) is 12.4 Å². The minimum absolute atomic E-state index is 0.349. The van der Waals surface area contributed by atoms with Crippen molar-refractivity contribution in [3.8, 4) is 0 Å². The van der Waals surface area contributed by atoms with Crippen molar-refractivity contribution in [2.45, 2.75) is 0 Å². The molecule has 0 radical (unpaired) electrons. The Morgan fingerprint density at radius 1 is 1.33 bits per heavy atom. The molecule has 0 saturated heterocycles. The van der Waals surface area contributed by atoms with Gasteiger partial charge in [-0.3, -0.25) is 0 Å². The van der Waals surface area contributed by atoms with Crippen LogP contribution in [0.3, 0.4) is 0 Å². The highest BCUT2D eigenvalue weighted by Gasteiger charge is 2.11. The summed E-state index contributed by atoms with van der Waals surface area (Å²) in [6.07, 6.45) is 0. The van der Waals surface area contributed by atoms with Crippen molar-refractivity contribution in [1.82, 2.24) is 3.97 Å². The molecule has 0 unspecified atom stereocenters. The van der Waals surface area contributed by atoms with E-state index in [2.05, 4.69) is 15.9 Å². The second-order valence-electron chi connectivity index (χ2n) is 2.84. The van der Waals surface area contributed by atoms with E-state index in [1.54, 1.807) is 6.07 Å². The average molecular weight is 404 g/mol. The maximum Gasteiger partial charge on any atom is 0.229 e. The minimum Gasteiger partial charge on any atom is -0.234 e. The van der Waals surface area contributed by atoms with Crippen molar-refractivity contribution < 1.29 is 12.8 Å². The molecule has 0 bridgehead atoms. The third kappa shape index (κ3) is 1.92. The highest BCUT2D eigenvalue weighted by atomic mass is 127. The van der Waals surface area contributed by atoms with Gasteiger partial charge in [0.25, 0.3) is 0 Å². The van der Waals surface area contributed by atoms with Gasteiger partial charge in [-0.05, 0) is 56.7 Å². The number of hydrogen-bond donors (Lipinski definition) is 1. The predicted molar refractivity (Wildman–Crippen MR) is 68.0 cm³/mol. The van der Waals surface area contributed by atoms with Crippen molar-refractivity contribution in [2.24, 2.45) is 0 Å². The highest BCUT2D eigenvalue weighted by molar-refractivity contribution is 14.1. The van der Waals surface area contributed by atoms with Crippen molar-refractivity contribution in [1.29, 1.82) is 0 Å². The van der Waals surface area contributed by atoms with Gasteiger partial charge in [-0.2, -0.15) is 0 Å². The van der Waals surface area contributed by atoms with Crippen molar-refractivity contribution in [3.05, 3.63) is 32.2 Å². The van der Waals surface area contributed by atoms with Crippen LogP contribution in [0.4, 0.5) is 4.39 Å². The van der Waals surface area contributed by atoms with E-state index in [1.807, 2.05) is 22.6 Å². The Hall–Kier alpha value is -0.150. The molecular weight excluding hydrogens is 400 g/mol. The summed E-state index contributed by atoms with van der Waals surface area (Å²) in [6.45, 7) is 0. The molecule has 0 aliphatic carbocycles. The molecule has 2 aromatic rings. The summed E-state index contributed by atoms with van der Waals surface area (Å²) in [5.41, 5.74) is 0.349. The third-order valence-electron chi connectivity index (χ3n) is 1.93. The summed E-state index contributed by atoms with van der Waals surface area (Å²) in [7, 11) is -2.78. The fraction of sp³-hybridized carbons (Fsp3) is 0. The van der Waals surface area contributed by atoms with Gasteiger partial charge >= 0.3 is 0 Å². The molecule has 1 heterocycles. The van der Waals surface area contributed by atoms with E-state index in [9.17, 15) is 12.8 Å². The molecule has 7 heteroatoms. The number of nitrogens with zero attached hydrogens (tertiary/aromatic N) is 1. The van der Waals surface area contributed by atoms with Gasteiger partial charge in [0.1, 0.15) is 5.82 Å². The zero-order valence-corrected chi connectivity index (χ0v) is 11.7. The first kappa shape index (κ1) is 11.3. The quantitative estimate of drug-likeness (QED) is 0.587. The SMILES string of the molecule is O=[SH](=O)n1c(I)cc2c(Br)cc(F)cc21. The molecule has 2 rings (SSSR count). The fourth-order valence-corrected chi connectivity index (χ4v) is 3.54. The summed E-state index contributed by atoms with van der Waals surface area (Å²) in [6, 6.07) is 4.19. The molecule has 15 heavy (non-hydrogen) atoms. The van der Waals surface area contributed by atoms with Crippen LogP contribution in [0.15, 0.2) is 22.7 Å². The zero-order valence-electron chi connectivity index (χ0n) is 7.08. The van der Waals surface area contributed by atoms with E-state index in [0.717, 1.165) is 3.97 Å². The minimum atomic E-state index is -2.78. The molecule has 0 amide bonds. The standard InChI is InChI=1S/C8H4BrFINO2S/c9-6-1-4(10)2-7-5(6)3-8(11)12(7)15(13)14/h1-3,15H. The summed E-state index contributed by atoms with van der Waals surface area (Å²) < 4.78 is 37.2. The first-order valence-electron chi connectivity index (χ1n) is 3.81. The van der Waals surface area contributed by atoms with Crippen LogP contribution in [-0.2, 0) is 10.9 Å². The number of thiol groups is 1. The summed E-state index contributed by atoms with van der Waals surface area (Å²) in [5.74, 6) is -0.470. The lowest BCUT2D eigenvalue weighted by atomic mass is 10.2. The Balaban J connectivity index is 2.99. The largest absolute Gasteiger partial charge is 0.234 e. The van der Waals surface area contributed by atoms with E-state index in [0.29, 0.717) is 19.1 Å². The molecule has 1 aromatic carbocycles. The molecule has 80 valence electrons. The lowest BCUT2D eigenvalue weighted by molar-refractivity contribution is 0.607. The third-order valence-corrected chi connectivity index (χ3v) is 4.52. The van der Waals surface area contributed by atoms with E-state index in [1.165, 1.54) is 12.1 Å². The van der Waals surface area contributed by atoms with E-state index < -0.39 is 16.7 Å². The van der Waals surface area contributed by atoms with Crippen molar-refractivity contribution >= 4 is 60.3 Å². The smallest absolute Gasteiger partial charge is 0.229 e. The second kappa shape index (κ2) is 4.02. The number of aromatic nitrogens is 1. The maximum atomic E-state index is 13.1. The zero-order chi connectivity index (χ0) is 11.2. The summed E-state index contributed by atoms with van der Waals surface area (Å²) in [5, 5.41) is 0.681. The molecule has 0 aliphatic heterocycles. The number of halogens is 3. The lowest BCUT2D eigenvalue weighted by Crippen LogP contribution is -1.97. The molecule has 3 nitrogen and oxygen atoms in total. The van der Waals surface area contributed by atoms with E-state index >= 15 is 0 Å². The Labute approximate surface area is 109 Å². The summed E-state index contributed by atoms with van der Waals surface area (Å²) in [4.78, 5) is 0. The number of hydrogen-bond acceptors (Lipinski definition) is 2. The van der Waals surface area contributed by atoms with Crippen LogP contribution in [0.25, 0.3) is 10.9 Å². The van der Waals surface area contributed by atoms with Gasteiger partial charge in [0.05, 0.1) is 9.22 Å². The van der Waals surface area contributed by atoms with Crippen LogP contribution in [0.1, 0.15) is 0 Å². The molecule has 1 aromatic heterocycles. The van der Waals surface area contributed by atoms with Crippen LogP contribution in [0.2, 0.25) is 0 Å². The summed E-state index contributed by atoms with van der Waals surface area (Å²) >= 11 is 5.08. The number of fused-ring (bicyclic) bond motifs is 1. The lowest BCUT2D eigenvalue weighted by Gasteiger charge is -1.98. The van der Waals surface area contributed by atoms with Gasteiger partial charge in [-0.25, -0.2) is 16.8 Å². The molecular formula is C8H4BrFINO2S. The van der Waals surface area contributed by atoms with E-state index in [4.69, 9.17) is 0 Å². The highest BCUT2D eigenvalue weighted by Crippen LogP contribution is 2.29. The normalized spacial score (nSPS) is 11.5. The second-order valence-corrected chi connectivity index (χ2v) is 5.67. The van der Waals surface area contributed by atoms with Crippen molar-refractivity contribution in [3.63, 3.8) is 0 Å². The molecule has 0 fully saturated rings. The van der Waals surface area contributed by atoms with Gasteiger partial charge in [0.2, 0.25) is 10.9 Å². The predicted octanol–water partition coefficient (Wildman–Crippen LogP) is 2.52. The van der Waals surface area contributed by atoms with Crippen molar-refractivity contribution in [2.75, 3.05) is 0 Å². The Morgan fingerprint density at radius 3 is 2.60 bits per heavy atom. The number of benzene rings is 1. The van der Waals surface area contributed by atoms with Crippen LogP contribution >= 0.6 is 38.5 Å². The van der Waals surface area contributed by atoms with E-state index in [-0.39, 0.29) is 0 Å². The average Bonchev–Trinajstić information content (AvgIpc) is 2.41. The first-order valence-corrected chi connectivity index (χ1v) is 6.81. The molecule has 0 N–H and O–H groups in total. The first-order chi connectivity index (χ1) is 7.00. The topological polar surface area (TPSA) is 39.1 Å². The Morgan fingerprint density at radius 2 is 2.00 bits per heavy atom. The molecule has 0 saturated carbocycles. The number of rotatable bonds is 1. The van der Waals surface area contributed by atoms with Gasteiger partial charge in [-0.15, -0.1) is 0 Å². The van der Waals surface area contributed by atoms with Gasteiger partial charge < -0.3 is 0 Å². The van der Waals surface area contributed by atoms with Crippen LogP contribution in [0, 0.1) is 9.52 Å². The van der Waals surface area contributed by atoms with Crippen LogP contribution in [0.5, 0.6) is 0 Å². The molecule has 0 aliphatic rings. The molecule has 0 atom stereocenters. The molecule has 0 spiro atoms. The van der Waals surface area contributed by atoms with Gasteiger partial charge in [-0.1, -0.05) is 0 Å². The maximum absolute atomic E-state index is 13.1. The fourth-order valence-electron chi connectivity index (χ4n) is 1.35. The Kier molecular flexibility index (Phi) is 3.04. The van der Waals surface area contributed by atoms with Gasteiger partial charge in [0.15, 0.2) is 0 Å². The Bertz CT molecular complexity index is 615. The van der Waals surface area contributed by atoms with Crippen LogP contribution < -0.4 is 0 Å².